The van der Waals surface area contributed by atoms with Gasteiger partial charge in [0.1, 0.15) is 4.88 Å². The number of hydrogen-bond acceptors (Lipinski definition) is 7. The van der Waals surface area contributed by atoms with E-state index in [0.717, 1.165) is 11.3 Å². The van der Waals surface area contributed by atoms with Crippen LogP contribution in [0.3, 0.4) is 0 Å². The molecule has 0 aromatic carbocycles. The fourth-order valence-corrected chi connectivity index (χ4v) is 3.26. The van der Waals surface area contributed by atoms with Gasteiger partial charge in [-0.25, -0.2) is 9.78 Å². The number of hydrogen-bond donors (Lipinski definition) is 1. The van der Waals surface area contributed by atoms with Gasteiger partial charge < -0.3 is 20.0 Å². The number of carbonyl (C=O) groups is 3. The normalized spacial score (nSPS) is 20.1. The zero-order chi connectivity index (χ0) is 17.0. The lowest BCUT2D eigenvalue weighted by atomic mass is 9.82. The van der Waals surface area contributed by atoms with Crippen LogP contribution in [0.25, 0.3) is 0 Å². The lowest BCUT2D eigenvalue weighted by Crippen LogP contribution is -2.41. The highest BCUT2D eigenvalue weighted by atomic mass is 32.1. The highest BCUT2D eigenvalue weighted by molar-refractivity contribution is 7.17. The first-order valence-corrected chi connectivity index (χ1v) is 8.07. The van der Waals surface area contributed by atoms with E-state index in [1.165, 1.54) is 0 Å². The minimum atomic E-state index is -1.24. The first-order valence-electron chi connectivity index (χ1n) is 7.25. The second kappa shape index (κ2) is 7.36. The molecule has 2 unspecified atom stereocenters. The molecule has 1 heterocycles. The number of esters is 1. The van der Waals surface area contributed by atoms with Gasteiger partial charge in [0, 0.05) is 11.9 Å². The monoisotopic (exact) mass is 337 g/mol. The Morgan fingerprint density at radius 2 is 2.00 bits per heavy atom. The van der Waals surface area contributed by atoms with E-state index in [0.29, 0.717) is 17.0 Å². The third kappa shape index (κ3) is 3.95. The average Bonchev–Trinajstić information content (AvgIpc) is 2.88. The van der Waals surface area contributed by atoms with E-state index in [1.54, 1.807) is 26.0 Å². The van der Waals surface area contributed by atoms with Crippen LogP contribution < -0.4 is 10.4 Å². The summed E-state index contributed by atoms with van der Waals surface area (Å²) in [6.07, 6.45) is 4.11. The lowest BCUT2D eigenvalue weighted by molar-refractivity contribution is -0.313. The number of aliphatic carboxylic acids is 1. The summed E-state index contributed by atoms with van der Waals surface area (Å²) in [5, 5.41) is 14.0. The minimum absolute atomic E-state index is 0.250. The number of nitrogens with zero attached hydrogens (tertiary/aromatic N) is 1. The molecule has 0 bridgehead atoms. The maximum atomic E-state index is 12.3. The van der Waals surface area contributed by atoms with Gasteiger partial charge in [-0.1, -0.05) is 23.5 Å². The topological polar surface area (TPSA) is 108 Å². The average molecular weight is 337 g/mol. The first-order chi connectivity index (χ1) is 10.9. The molecule has 7 nitrogen and oxygen atoms in total. The molecule has 0 saturated heterocycles. The van der Waals surface area contributed by atoms with E-state index < -0.39 is 29.7 Å². The zero-order valence-corrected chi connectivity index (χ0v) is 13.6. The van der Waals surface area contributed by atoms with Gasteiger partial charge in [-0.15, -0.1) is 0 Å². The van der Waals surface area contributed by atoms with Crippen LogP contribution >= 0.6 is 11.3 Å². The smallest absolute Gasteiger partial charge is 0.350 e. The highest BCUT2D eigenvalue weighted by Crippen LogP contribution is 2.28. The quantitative estimate of drug-likeness (QED) is 0.631. The molecule has 2 rings (SSSR count). The largest absolute Gasteiger partial charge is 0.550 e. The Morgan fingerprint density at radius 1 is 1.35 bits per heavy atom. The number of carbonyl (C=O) groups excluding carboxylic acids is 3. The SMILES string of the molecule is CCOC(=O)c1sc(NC(=O)C2CC=CCC2C(=O)[O-])nc1C. The third-order valence-corrected chi connectivity index (χ3v) is 4.61. The van der Waals surface area contributed by atoms with E-state index in [9.17, 15) is 19.5 Å². The molecule has 1 N–H and O–H groups in total. The minimum Gasteiger partial charge on any atom is -0.550 e. The highest BCUT2D eigenvalue weighted by Gasteiger charge is 2.30. The number of carboxylic acids is 1. The second-order valence-electron chi connectivity index (χ2n) is 5.12. The number of nitrogens with one attached hydrogen (secondary N) is 1. The molecule has 8 heteroatoms. The van der Waals surface area contributed by atoms with Crippen molar-refractivity contribution in [3.05, 3.63) is 22.7 Å². The molecule has 124 valence electrons. The summed E-state index contributed by atoms with van der Waals surface area (Å²) in [5.41, 5.74) is 0.462. The predicted molar refractivity (Wildman–Crippen MR) is 81.8 cm³/mol. The van der Waals surface area contributed by atoms with Gasteiger partial charge >= 0.3 is 5.97 Å². The summed E-state index contributed by atoms with van der Waals surface area (Å²) >= 11 is 1.01. The fourth-order valence-electron chi connectivity index (χ4n) is 2.40. The molecule has 0 aliphatic heterocycles. The van der Waals surface area contributed by atoms with Crippen LogP contribution in [-0.2, 0) is 14.3 Å². The zero-order valence-electron chi connectivity index (χ0n) is 12.8. The molecule has 23 heavy (non-hydrogen) atoms. The molecular formula is C15H17N2O5S-. The summed E-state index contributed by atoms with van der Waals surface area (Å²) in [7, 11) is 0. The Hall–Kier alpha value is -2.22. The standard InChI is InChI=1S/C15H18N2O5S/c1-3-22-14(21)11-8(2)16-15(23-11)17-12(18)9-6-4-5-7-10(9)13(19)20/h4-5,9-10H,3,6-7H2,1-2H3,(H,19,20)(H,16,17,18)/p-1. The molecule has 0 radical (unpaired) electrons. The number of aryl methyl sites for hydroxylation is 1. The van der Waals surface area contributed by atoms with Crippen LogP contribution in [-0.4, -0.2) is 29.4 Å². The lowest BCUT2D eigenvalue weighted by Gasteiger charge is -2.27. The van der Waals surface area contributed by atoms with Gasteiger partial charge in [0.25, 0.3) is 0 Å². The molecule has 1 aromatic rings. The molecule has 0 fully saturated rings. The van der Waals surface area contributed by atoms with Gasteiger partial charge in [0.15, 0.2) is 5.13 Å². The van der Waals surface area contributed by atoms with Crippen LogP contribution in [0.15, 0.2) is 12.2 Å². The van der Waals surface area contributed by atoms with Crippen LogP contribution in [0.4, 0.5) is 5.13 Å². The Labute approximate surface area is 137 Å². The Kier molecular flexibility index (Phi) is 5.49. The van der Waals surface area contributed by atoms with Gasteiger partial charge in [-0.3, -0.25) is 4.79 Å². The Balaban J connectivity index is 2.11. The summed E-state index contributed by atoms with van der Waals surface area (Å²) in [5.74, 6) is -3.73. The van der Waals surface area contributed by atoms with Crippen LogP contribution in [0.2, 0.25) is 0 Å². The van der Waals surface area contributed by atoms with Crippen LogP contribution in [0.1, 0.15) is 35.1 Å². The molecule has 1 amide bonds. The molecule has 0 spiro atoms. The summed E-state index contributed by atoms with van der Waals surface area (Å²) in [4.78, 5) is 39.6. The molecule has 1 aliphatic carbocycles. The van der Waals surface area contributed by atoms with Gasteiger partial charge in [0.2, 0.25) is 5.91 Å². The van der Waals surface area contributed by atoms with E-state index in [2.05, 4.69) is 10.3 Å². The van der Waals surface area contributed by atoms with Crippen molar-refractivity contribution >= 4 is 34.3 Å². The van der Waals surface area contributed by atoms with Crippen molar-refractivity contribution < 1.29 is 24.2 Å². The molecule has 1 aromatic heterocycles. The van der Waals surface area contributed by atoms with Gasteiger partial charge in [0.05, 0.1) is 18.2 Å². The van der Waals surface area contributed by atoms with Gasteiger partial charge in [-0.05, 0) is 26.7 Å². The number of thiazole rings is 1. The number of amides is 1. The van der Waals surface area contributed by atoms with Crippen molar-refractivity contribution in [1.29, 1.82) is 0 Å². The van der Waals surface area contributed by atoms with E-state index in [1.807, 2.05) is 0 Å². The van der Waals surface area contributed by atoms with Crippen molar-refractivity contribution in [2.75, 3.05) is 11.9 Å². The van der Waals surface area contributed by atoms with Crippen molar-refractivity contribution in [3.63, 3.8) is 0 Å². The first kappa shape index (κ1) is 17.1. The number of allylic oxidation sites excluding steroid dienone is 2. The summed E-state index contributed by atoms with van der Waals surface area (Å²) in [6, 6.07) is 0. The number of anilines is 1. The van der Waals surface area contributed by atoms with Crippen molar-refractivity contribution in [2.45, 2.75) is 26.7 Å². The van der Waals surface area contributed by atoms with E-state index in [-0.39, 0.29) is 18.2 Å². The third-order valence-electron chi connectivity index (χ3n) is 3.56. The summed E-state index contributed by atoms with van der Waals surface area (Å²) < 4.78 is 4.92. The van der Waals surface area contributed by atoms with Crippen molar-refractivity contribution in [3.8, 4) is 0 Å². The van der Waals surface area contributed by atoms with E-state index >= 15 is 0 Å². The number of carboxylic acid groups (broad SMARTS) is 1. The number of aromatic nitrogens is 1. The van der Waals surface area contributed by atoms with E-state index in [4.69, 9.17) is 4.74 Å². The Bertz CT molecular complexity index is 652. The van der Waals surface area contributed by atoms with Crippen LogP contribution in [0.5, 0.6) is 0 Å². The maximum Gasteiger partial charge on any atom is 0.350 e. The Morgan fingerprint density at radius 3 is 2.61 bits per heavy atom. The second-order valence-corrected chi connectivity index (χ2v) is 6.12. The predicted octanol–water partition coefficient (Wildman–Crippen LogP) is 0.899. The number of ether oxygens (including phenoxy) is 1. The molecule has 0 saturated carbocycles. The summed E-state index contributed by atoms with van der Waals surface area (Å²) in [6.45, 7) is 3.60. The maximum absolute atomic E-state index is 12.3. The van der Waals surface area contributed by atoms with Crippen molar-refractivity contribution in [1.82, 2.24) is 4.98 Å². The van der Waals surface area contributed by atoms with Gasteiger partial charge in [-0.2, -0.15) is 0 Å². The number of rotatable bonds is 5. The molecular weight excluding hydrogens is 320 g/mol. The molecule has 2 atom stereocenters. The molecule has 1 aliphatic rings. The van der Waals surface area contributed by atoms with Crippen molar-refractivity contribution in [2.24, 2.45) is 11.8 Å². The fraction of sp³-hybridized carbons (Fsp3) is 0.467. The van der Waals surface area contributed by atoms with Crippen LogP contribution in [0, 0.1) is 18.8 Å².